The molecule has 0 unspecified atom stereocenters. The summed E-state index contributed by atoms with van der Waals surface area (Å²) in [6.45, 7) is 7.84. The third kappa shape index (κ3) is 4.29. The van der Waals surface area contributed by atoms with Gasteiger partial charge in [0.2, 0.25) is 5.91 Å². The molecule has 30 heavy (non-hydrogen) atoms. The van der Waals surface area contributed by atoms with Crippen LogP contribution in [0, 0.1) is 5.92 Å². The topological polar surface area (TPSA) is 105 Å². The Morgan fingerprint density at radius 1 is 1.13 bits per heavy atom. The number of benzene rings is 1. The monoisotopic (exact) mass is 415 g/mol. The van der Waals surface area contributed by atoms with Gasteiger partial charge in [0, 0.05) is 13.0 Å². The first kappa shape index (κ1) is 21.4. The molecule has 1 aromatic carbocycles. The van der Waals surface area contributed by atoms with Crippen molar-refractivity contribution in [1.29, 1.82) is 0 Å². The van der Waals surface area contributed by atoms with Crippen molar-refractivity contribution in [2.75, 3.05) is 26.3 Å². The molecule has 1 N–H and O–H groups in total. The molecule has 1 saturated heterocycles. The van der Waals surface area contributed by atoms with Gasteiger partial charge in [0.05, 0.1) is 19.3 Å². The summed E-state index contributed by atoms with van der Waals surface area (Å²) in [7, 11) is 0. The number of imide groups is 2. The van der Waals surface area contributed by atoms with E-state index in [9.17, 15) is 19.2 Å². The number of nitrogens with zero attached hydrogens (tertiary/aromatic N) is 2. The van der Waals surface area contributed by atoms with Gasteiger partial charge in [0.25, 0.3) is 0 Å². The van der Waals surface area contributed by atoms with Gasteiger partial charge in [-0.2, -0.15) is 0 Å². The maximum Gasteiger partial charge on any atom is 0.335 e. The summed E-state index contributed by atoms with van der Waals surface area (Å²) in [6.07, 6.45) is 2.12. The van der Waals surface area contributed by atoms with E-state index in [1.165, 1.54) is 6.08 Å². The van der Waals surface area contributed by atoms with Crippen molar-refractivity contribution in [1.82, 2.24) is 15.1 Å². The van der Waals surface area contributed by atoms with Gasteiger partial charge in [0.1, 0.15) is 6.54 Å². The summed E-state index contributed by atoms with van der Waals surface area (Å²) in [5.74, 6) is -1.25. The van der Waals surface area contributed by atoms with Gasteiger partial charge in [-0.15, -0.1) is 6.58 Å². The number of hydrogen-bond acceptors (Lipinski definition) is 6. The van der Waals surface area contributed by atoms with E-state index in [-0.39, 0.29) is 18.5 Å². The van der Waals surface area contributed by atoms with E-state index < -0.39 is 30.3 Å². The molecule has 1 aromatic rings. The Labute approximate surface area is 174 Å². The maximum atomic E-state index is 12.6. The number of rotatable bonds is 7. The molecule has 2 aliphatic rings. The van der Waals surface area contributed by atoms with Crippen LogP contribution in [0.2, 0.25) is 0 Å². The second kappa shape index (κ2) is 8.98. The predicted octanol–water partition coefficient (Wildman–Crippen LogP) is 1.64. The van der Waals surface area contributed by atoms with Gasteiger partial charge < -0.3 is 14.8 Å². The van der Waals surface area contributed by atoms with Crippen molar-refractivity contribution in [3.63, 3.8) is 0 Å². The van der Waals surface area contributed by atoms with Crippen molar-refractivity contribution in [3.05, 3.63) is 36.4 Å². The Morgan fingerprint density at radius 2 is 1.80 bits per heavy atom. The van der Waals surface area contributed by atoms with Gasteiger partial charge in [-0.25, -0.2) is 9.69 Å². The first-order valence-corrected chi connectivity index (χ1v) is 9.80. The Morgan fingerprint density at radius 3 is 2.47 bits per heavy atom. The summed E-state index contributed by atoms with van der Waals surface area (Å²) < 4.78 is 11.4. The average Bonchev–Trinajstić information content (AvgIpc) is 2.90. The largest absolute Gasteiger partial charge is 0.490 e. The summed E-state index contributed by atoms with van der Waals surface area (Å²) in [5, 5.41) is 2.85. The van der Waals surface area contributed by atoms with Gasteiger partial charge in [-0.05, 0) is 23.6 Å². The normalized spacial score (nSPS) is 17.2. The van der Waals surface area contributed by atoms with Crippen LogP contribution >= 0.6 is 0 Å². The fourth-order valence-corrected chi connectivity index (χ4v) is 3.35. The molecule has 0 spiro atoms. The molecule has 0 bridgehead atoms. The van der Waals surface area contributed by atoms with Crippen LogP contribution < -0.4 is 14.8 Å². The third-order valence-corrected chi connectivity index (χ3v) is 4.86. The number of carbonyl (C=O) groups excluding carboxylic acids is 4. The smallest absolute Gasteiger partial charge is 0.335 e. The van der Waals surface area contributed by atoms with Crippen molar-refractivity contribution in [2.45, 2.75) is 26.3 Å². The number of fused-ring (bicyclic) bond motifs is 1. The minimum atomic E-state index is -1.02. The molecular weight excluding hydrogens is 390 g/mol. The van der Waals surface area contributed by atoms with E-state index in [4.69, 9.17) is 9.47 Å². The van der Waals surface area contributed by atoms with E-state index in [1.807, 2.05) is 26.0 Å². The van der Waals surface area contributed by atoms with Crippen LogP contribution in [0.3, 0.4) is 0 Å². The summed E-state index contributed by atoms with van der Waals surface area (Å²) in [4.78, 5) is 50.3. The number of ether oxygens (including phenoxy) is 2. The number of nitrogens with one attached hydrogen (secondary N) is 1. The Balaban J connectivity index is 1.73. The molecule has 0 saturated carbocycles. The minimum absolute atomic E-state index is 0.0163. The van der Waals surface area contributed by atoms with Crippen LogP contribution in [-0.2, 0) is 14.4 Å². The lowest BCUT2D eigenvalue weighted by molar-refractivity contribution is -0.143. The molecule has 1 fully saturated rings. The van der Waals surface area contributed by atoms with Crippen molar-refractivity contribution in [2.24, 2.45) is 5.92 Å². The molecule has 0 radical (unpaired) electrons. The Bertz CT molecular complexity index is 881. The van der Waals surface area contributed by atoms with Crippen LogP contribution in [0.1, 0.15) is 31.9 Å². The lowest BCUT2D eigenvalue weighted by atomic mass is 9.95. The molecule has 9 heteroatoms. The van der Waals surface area contributed by atoms with Crippen molar-refractivity contribution >= 4 is 23.8 Å². The van der Waals surface area contributed by atoms with Crippen LogP contribution in [0.4, 0.5) is 4.79 Å². The van der Waals surface area contributed by atoms with Gasteiger partial charge in [-0.3, -0.25) is 19.3 Å². The highest BCUT2D eigenvalue weighted by Crippen LogP contribution is 2.34. The fourth-order valence-electron chi connectivity index (χ4n) is 3.35. The molecular formula is C21H25N3O6. The zero-order chi connectivity index (χ0) is 21.8. The first-order chi connectivity index (χ1) is 14.3. The minimum Gasteiger partial charge on any atom is -0.490 e. The van der Waals surface area contributed by atoms with Gasteiger partial charge >= 0.3 is 17.8 Å². The first-order valence-electron chi connectivity index (χ1n) is 9.80. The highest BCUT2D eigenvalue weighted by molar-refractivity contribution is 6.45. The molecule has 9 nitrogen and oxygen atoms in total. The zero-order valence-corrected chi connectivity index (χ0v) is 17.1. The van der Waals surface area contributed by atoms with Crippen LogP contribution in [0.5, 0.6) is 11.5 Å². The highest BCUT2D eigenvalue weighted by Gasteiger charge is 2.44. The summed E-state index contributed by atoms with van der Waals surface area (Å²) >= 11 is 0. The Kier molecular flexibility index (Phi) is 6.39. The molecule has 1 atom stereocenters. The third-order valence-electron chi connectivity index (χ3n) is 4.86. The fraction of sp³-hybridized carbons (Fsp3) is 0.429. The lowest BCUT2D eigenvalue weighted by Crippen LogP contribution is -2.43. The molecule has 2 aliphatic heterocycles. The number of carbonyl (C=O) groups is 4. The maximum absolute atomic E-state index is 12.6. The SMILES string of the molecule is C=CCN1C(=O)C(=O)N(CC(=O)N[C@@H](c2ccc3c(c2)OCCCO3)C(C)C)C1=O. The second-order valence-electron chi connectivity index (χ2n) is 7.42. The molecule has 3 rings (SSSR count). The molecule has 0 aliphatic carbocycles. The van der Waals surface area contributed by atoms with E-state index in [1.54, 1.807) is 6.07 Å². The summed E-state index contributed by atoms with van der Waals surface area (Å²) in [6, 6.07) is 4.27. The average molecular weight is 415 g/mol. The number of hydrogen-bond donors (Lipinski definition) is 1. The van der Waals surface area contributed by atoms with Crippen LogP contribution in [-0.4, -0.2) is 59.9 Å². The van der Waals surface area contributed by atoms with E-state index >= 15 is 0 Å². The van der Waals surface area contributed by atoms with E-state index in [0.717, 1.165) is 16.9 Å². The summed E-state index contributed by atoms with van der Waals surface area (Å²) in [5.41, 5.74) is 0.811. The number of amides is 5. The van der Waals surface area contributed by atoms with Gasteiger partial charge in [0.15, 0.2) is 11.5 Å². The quantitative estimate of drug-likeness (QED) is 0.412. The standard InChI is InChI=1S/C21H25N3O6/c1-4-8-23-19(26)20(27)24(21(23)28)12-17(25)22-18(13(2)3)14-6-7-15-16(11-14)30-10-5-9-29-15/h4,6-7,11,13,18H,1,5,8-10,12H2,2-3H3,(H,22,25)/t18-/m1/s1. The van der Waals surface area contributed by atoms with Crippen LogP contribution in [0.25, 0.3) is 0 Å². The van der Waals surface area contributed by atoms with E-state index in [0.29, 0.717) is 29.6 Å². The molecule has 160 valence electrons. The van der Waals surface area contributed by atoms with Crippen LogP contribution in [0.15, 0.2) is 30.9 Å². The molecule has 0 aromatic heterocycles. The predicted molar refractivity (Wildman–Crippen MR) is 107 cm³/mol. The zero-order valence-electron chi connectivity index (χ0n) is 17.1. The molecule has 5 amide bonds. The van der Waals surface area contributed by atoms with Crippen molar-refractivity contribution < 1.29 is 28.7 Å². The van der Waals surface area contributed by atoms with Gasteiger partial charge in [-0.1, -0.05) is 26.0 Å². The highest BCUT2D eigenvalue weighted by atomic mass is 16.5. The number of urea groups is 1. The lowest BCUT2D eigenvalue weighted by Gasteiger charge is -2.25. The Hall–Kier alpha value is -3.36. The van der Waals surface area contributed by atoms with E-state index in [2.05, 4.69) is 11.9 Å². The second-order valence-corrected chi connectivity index (χ2v) is 7.42. The van der Waals surface area contributed by atoms with Crippen molar-refractivity contribution in [3.8, 4) is 11.5 Å². The molecule has 2 heterocycles.